The summed E-state index contributed by atoms with van der Waals surface area (Å²) in [5.74, 6) is 0.718. The van der Waals surface area contributed by atoms with Gasteiger partial charge >= 0.3 is 0 Å². The third kappa shape index (κ3) is 4.25. The fourth-order valence-corrected chi connectivity index (χ4v) is 1.59. The van der Waals surface area contributed by atoms with E-state index in [4.69, 9.17) is 15.7 Å². The zero-order chi connectivity index (χ0) is 13.5. The average molecular weight is 251 g/mol. The van der Waals surface area contributed by atoms with Gasteiger partial charge in [-0.2, -0.15) is 0 Å². The molecular weight excluding hydrogens is 230 g/mol. The molecule has 0 unspecified atom stereocenters. The first-order valence-electron chi connectivity index (χ1n) is 5.90. The Morgan fingerprint density at radius 2 is 2.17 bits per heavy atom. The lowest BCUT2D eigenvalue weighted by atomic mass is 10.1. The van der Waals surface area contributed by atoms with Crippen molar-refractivity contribution in [3.05, 3.63) is 29.3 Å². The third-order valence-electron chi connectivity index (χ3n) is 2.53. The molecule has 0 fully saturated rings. The van der Waals surface area contributed by atoms with Crippen LogP contribution in [0.25, 0.3) is 0 Å². The zero-order valence-corrected chi connectivity index (χ0v) is 11.2. The van der Waals surface area contributed by atoms with E-state index in [9.17, 15) is 0 Å². The van der Waals surface area contributed by atoms with Crippen molar-refractivity contribution in [3.8, 4) is 5.75 Å². The average Bonchev–Trinajstić information content (AvgIpc) is 2.34. The van der Waals surface area contributed by atoms with Crippen LogP contribution >= 0.6 is 0 Å². The lowest BCUT2D eigenvalue weighted by molar-refractivity contribution is 0.280. The largest absolute Gasteiger partial charge is 0.493 e. The van der Waals surface area contributed by atoms with Crippen LogP contribution in [0.3, 0.4) is 0 Å². The van der Waals surface area contributed by atoms with Crippen molar-refractivity contribution in [2.75, 3.05) is 27.2 Å². The quantitative estimate of drug-likeness (QED) is 0.264. The second-order valence-corrected chi connectivity index (χ2v) is 4.49. The molecule has 0 bridgehead atoms. The van der Waals surface area contributed by atoms with E-state index in [0.29, 0.717) is 17.9 Å². The van der Waals surface area contributed by atoms with Gasteiger partial charge in [-0.3, -0.25) is 0 Å². The highest BCUT2D eigenvalue weighted by Gasteiger charge is 2.08. The lowest BCUT2D eigenvalue weighted by Gasteiger charge is -2.13. The number of nitrogens with two attached hydrogens (primary N) is 1. The van der Waals surface area contributed by atoms with Gasteiger partial charge < -0.3 is 20.6 Å². The Balaban J connectivity index is 2.70. The highest BCUT2D eigenvalue weighted by molar-refractivity contribution is 5.99. The maximum atomic E-state index is 8.75. The lowest BCUT2D eigenvalue weighted by Crippen LogP contribution is -2.18. The van der Waals surface area contributed by atoms with Crippen LogP contribution in [0, 0.1) is 6.92 Å². The van der Waals surface area contributed by atoms with Crippen LogP contribution in [-0.4, -0.2) is 43.2 Å². The molecule has 0 saturated carbocycles. The monoisotopic (exact) mass is 251 g/mol. The van der Waals surface area contributed by atoms with Crippen molar-refractivity contribution in [2.45, 2.75) is 13.3 Å². The number of amidine groups is 1. The molecule has 0 aliphatic heterocycles. The Labute approximate surface area is 108 Å². The minimum Gasteiger partial charge on any atom is -0.493 e. The number of benzene rings is 1. The summed E-state index contributed by atoms with van der Waals surface area (Å²) < 4.78 is 5.67. The van der Waals surface area contributed by atoms with Crippen molar-refractivity contribution in [3.63, 3.8) is 0 Å². The molecule has 1 aromatic carbocycles. The summed E-state index contributed by atoms with van der Waals surface area (Å²) in [5.41, 5.74) is 7.29. The fourth-order valence-electron chi connectivity index (χ4n) is 1.59. The summed E-state index contributed by atoms with van der Waals surface area (Å²) in [6.45, 7) is 3.52. The molecule has 0 aliphatic carbocycles. The maximum absolute atomic E-state index is 8.75. The number of ether oxygens (including phenoxy) is 1. The van der Waals surface area contributed by atoms with E-state index in [-0.39, 0.29) is 5.84 Å². The summed E-state index contributed by atoms with van der Waals surface area (Å²) in [7, 11) is 4.04. The Morgan fingerprint density at radius 3 is 2.78 bits per heavy atom. The van der Waals surface area contributed by atoms with Gasteiger partial charge in [-0.15, -0.1) is 0 Å². The van der Waals surface area contributed by atoms with Gasteiger partial charge in [0.25, 0.3) is 0 Å². The first kappa shape index (κ1) is 14.3. The highest BCUT2D eigenvalue weighted by atomic mass is 16.5. The predicted octanol–water partition coefficient (Wildman–Crippen LogP) is 1.42. The number of hydrogen-bond donors (Lipinski definition) is 2. The van der Waals surface area contributed by atoms with Crippen LogP contribution in [0.5, 0.6) is 5.75 Å². The van der Waals surface area contributed by atoms with Gasteiger partial charge in [-0.1, -0.05) is 16.8 Å². The van der Waals surface area contributed by atoms with Crippen LogP contribution in [0.15, 0.2) is 23.4 Å². The molecule has 0 spiro atoms. The topological polar surface area (TPSA) is 71.1 Å². The summed E-state index contributed by atoms with van der Waals surface area (Å²) in [4.78, 5) is 2.10. The number of rotatable bonds is 6. The molecule has 0 saturated heterocycles. The molecule has 0 aromatic heterocycles. The molecule has 0 heterocycles. The highest BCUT2D eigenvalue weighted by Crippen LogP contribution is 2.20. The molecule has 5 nitrogen and oxygen atoms in total. The second-order valence-electron chi connectivity index (χ2n) is 4.49. The van der Waals surface area contributed by atoms with Gasteiger partial charge in [0.1, 0.15) is 5.75 Å². The molecule has 0 atom stereocenters. The maximum Gasteiger partial charge on any atom is 0.173 e. The summed E-state index contributed by atoms with van der Waals surface area (Å²) in [5, 5.41) is 11.8. The first-order valence-corrected chi connectivity index (χ1v) is 5.90. The van der Waals surface area contributed by atoms with Crippen molar-refractivity contribution in [2.24, 2.45) is 10.9 Å². The van der Waals surface area contributed by atoms with E-state index in [1.807, 2.05) is 39.2 Å². The minimum absolute atomic E-state index is 0.0707. The molecule has 5 heteroatoms. The Morgan fingerprint density at radius 1 is 1.44 bits per heavy atom. The van der Waals surface area contributed by atoms with Crippen molar-refractivity contribution in [1.29, 1.82) is 0 Å². The Kier molecular flexibility index (Phi) is 5.45. The summed E-state index contributed by atoms with van der Waals surface area (Å²) in [6.07, 6.45) is 0.927. The van der Waals surface area contributed by atoms with Crippen LogP contribution in [0.2, 0.25) is 0 Å². The van der Waals surface area contributed by atoms with Gasteiger partial charge in [0.15, 0.2) is 5.84 Å². The molecular formula is C13H21N3O2. The molecule has 18 heavy (non-hydrogen) atoms. The van der Waals surface area contributed by atoms with Gasteiger partial charge in [0, 0.05) is 6.54 Å². The second kappa shape index (κ2) is 6.86. The van der Waals surface area contributed by atoms with Crippen molar-refractivity contribution in [1.82, 2.24) is 4.90 Å². The van der Waals surface area contributed by atoms with E-state index in [1.165, 1.54) is 0 Å². The van der Waals surface area contributed by atoms with Crippen LogP contribution < -0.4 is 10.5 Å². The van der Waals surface area contributed by atoms with E-state index in [2.05, 4.69) is 10.1 Å². The zero-order valence-electron chi connectivity index (χ0n) is 11.2. The van der Waals surface area contributed by atoms with E-state index < -0.39 is 0 Å². The smallest absolute Gasteiger partial charge is 0.173 e. The fraction of sp³-hybridized carbons (Fsp3) is 0.462. The van der Waals surface area contributed by atoms with Crippen LogP contribution in [0.1, 0.15) is 17.5 Å². The molecule has 100 valence electrons. The number of nitrogens with zero attached hydrogens (tertiary/aromatic N) is 2. The van der Waals surface area contributed by atoms with Gasteiger partial charge in [-0.05, 0) is 39.6 Å². The molecule has 0 radical (unpaired) electrons. The van der Waals surface area contributed by atoms with Gasteiger partial charge in [0.05, 0.1) is 12.2 Å². The van der Waals surface area contributed by atoms with Crippen LogP contribution in [0.4, 0.5) is 0 Å². The first-order chi connectivity index (χ1) is 8.54. The van der Waals surface area contributed by atoms with Gasteiger partial charge in [0.2, 0.25) is 0 Å². The van der Waals surface area contributed by atoms with Crippen LogP contribution in [-0.2, 0) is 0 Å². The van der Waals surface area contributed by atoms with E-state index >= 15 is 0 Å². The molecule has 1 rings (SSSR count). The normalized spacial score (nSPS) is 11.9. The standard InChI is InChI=1S/C13H21N3O2/c1-10-5-6-12(11(9-10)13(14)15-17)18-8-4-7-16(2)3/h5-6,9,17H,4,7-8H2,1-3H3,(H2,14,15). The molecule has 3 N–H and O–H groups in total. The summed E-state index contributed by atoms with van der Waals surface area (Å²) in [6, 6.07) is 5.63. The van der Waals surface area contributed by atoms with Crippen molar-refractivity contribution >= 4 is 5.84 Å². The molecule has 0 amide bonds. The van der Waals surface area contributed by atoms with E-state index in [0.717, 1.165) is 18.5 Å². The molecule has 1 aromatic rings. The predicted molar refractivity (Wildman–Crippen MR) is 72.4 cm³/mol. The number of hydrogen-bond acceptors (Lipinski definition) is 4. The van der Waals surface area contributed by atoms with Crippen molar-refractivity contribution < 1.29 is 9.94 Å². The summed E-state index contributed by atoms with van der Waals surface area (Å²) >= 11 is 0. The Bertz CT molecular complexity index is 417. The third-order valence-corrected chi connectivity index (χ3v) is 2.53. The SMILES string of the molecule is Cc1ccc(OCCCN(C)C)c(/C(N)=N/O)c1. The Hall–Kier alpha value is -1.75. The van der Waals surface area contributed by atoms with E-state index in [1.54, 1.807) is 0 Å². The molecule has 0 aliphatic rings. The number of oxime groups is 1. The minimum atomic E-state index is 0.0707. The van der Waals surface area contributed by atoms with Gasteiger partial charge in [-0.25, -0.2) is 0 Å². The number of aryl methyl sites for hydroxylation is 1.